The number of nitrogens with zero attached hydrogens (tertiary/aromatic N) is 1. The molecule has 1 heterocycles. The molecule has 1 amide bonds. The summed E-state index contributed by atoms with van der Waals surface area (Å²) in [5, 5.41) is 3.27. The van der Waals surface area contributed by atoms with Crippen molar-refractivity contribution in [2.75, 3.05) is 23.3 Å². The highest BCUT2D eigenvalue weighted by atomic mass is 19.4. The van der Waals surface area contributed by atoms with Crippen LogP contribution in [0.3, 0.4) is 0 Å². The summed E-state index contributed by atoms with van der Waals surface area (Å²) in [6.07, 6.45) is -2.23. The number of hydrogen-bond donors (Lipinski definition) is 2. The summed E-state index contributed by atoms with van der Waals surface area (Å²) in [6.45, 7) is 0.384. The Balaban J connectivity index is 1.53. The molecule has 1 saturated carbocycles. The molecule has 5 nitrogen and oxygen atoms in total. The maximum Gasteiger partial charge on any atom is 0.404 e. The SMILES string of the molecule is NC(=O)OC1CCC(Nc2ccc(N3CCC(C(F)(F)F)CC3)c(F)c2)CC1. The van der Waals surface area contributed by atoms with Gasteiger partial charge in [-0.15, -0.1) is 0 Å². The van der Waals surface area contributed by atoms with E-state index in [1.807, 2.05) is 0 Å². The standard InChI is InChI=1S/C19H25F4N3O2/c20-16-11-14(25-13-1-4-15(5-2-13)28-18(24)27)3-6-17(16)26-9-7-12(8-10-26)19(21,22)23/h3,6,11-13,15,25H,1-2,4-5,7-10H2,(H2,24,27). The molecule has 1 aliphatic carbocycles. The molecule has 1 aromatic carbocycles. The zero-order valence-corrected chi connectivity index (χ0v) is 15.5. The van der Waals surface area contributed by atoms with Gasteiger partial charge in [-0.05, 0) is 56.7 Å². The number of benzene rings is 1. The number of carbonyl (C=O) groups is 1. The Morgan fingerprint density at radius 2 is 1.75 bits per heavy atom. The van der Waals surface area contributed by atoms with Crippen molar-refractivity contribution in [3.63, 3.8) is 0 Å². The van der Waals surface area contributed by atoms with Crippen LogP contribution in [-0.4, -0.2) is 37.5 Å². The first-order chi connectivity index (χ1) is 13.2. The predicted molar refractivity (Wildman–Crippen MR) is 97.7 cm³/mol. The number of nitrogens with two attached hydrogens (primary N) is 1. The molecule has 28 heavy (non-hydrogen) atoms. The molecule has 9 heteroatoms. The van der Waals surface area contributed by atoms with Gasteiger partial charge in [0.15, 0.2) is 0 Å². The molecule has 0 radical (unpaired) electrons. The summed E-state index contributed by atoms with van der Waals surface area (Å²) in [6, 6.07) is 4.89. The van der Waals surface area contributed by atoms with Crippen LogP contribution in [0.15, 0.2) is 18.2 Å². The number of halogens is 4. The fourth-order valence-electron chi connectivity index (χ4n) is 4.03. The molecule has 3 N–H and O–H groups in total. The van der Waals surface area contributed by atoms with Gasteiger partial charge >= 0.3 is 12.3 Å². The molecule has 0 atom stereocenters. The third-order valence-corrected chi connectivity index (χ3v) is 5.57. The molecular formula is C19H25F4N3O2. The lowest BCUT2D eigenvalue weighted by Crippen LogP contribution is -2.39. The molecule has 156 valence electrons. The highest BCUT2D eigenvalue weighted by Crippen LogP contribution is 2.36. The molecule has 0 unspecified atom stereocenters. The number of nitrogens with one attached hydrogen (secondary N) is 1. The minimum atomic E-state index is -4.18. The highest BCUT2D eigenvalue weighted by Gasteiger charge is 2.41. The van der Waals surface area contributed by atoms with Gasteiger partial charge in [0.2, 0.25) is 0 Å². The molecule has 0 spiro atoms. The van der Waals surface area contributed by atoms with Crippen molar-refractivity contribution >= 4 is 17.5 Å². The second-order valence-corrected chi connectivity index (χ2v) is 7.52. The fourth-order valence-corrected chi connectivity index (χ4v) is 4.03. The Labute approximate surface area is 161 Å². The van der Waals surface area contributed by atoms with E-state index in [0.29, 0.717) is 24.2 Å². The number of piperidine rings is 1. The average Bonchev–Trinajstić information content (AvgIpc) is 2.62. The molecule has 1 saturated heterocycles. The predicted octanol–water partition coefficient (Wildman–Crippen LogP) is 4.42. The van der Waals surface area contributed by atoms with Gasteiger partial charge in [0.1, 0.15) is 11.9 Å². The van der Waals surface area contributed by atoms with Crippen LogP contribution in [0.4, 0.5) is 33.7 Å². The van der Waals surface area contributed by atoms with Crippen LogP contribution >= 0.6 is 0 Å². The van der Waals surface area contributed by atoms with Gasteiger partial charge < -0.3 is 20.7 Å². The lowest BCUT2D eigenvalue weighted by atomic mass is 9.92. The second kappa shape index (κ2) is 8.45. The Hall–Kier alpha value is -2.19. The monoisotopic (exact) mass is 403 g/mol. The van der Waals surface area contributed by atoms with Crippen LogP contribution in [-0.2, 0) is 4.74 Å². The topological polar surface area (TPSA) is 67.6 Å². The van der Waals surface area contributed by atoms with Crippen LogP contribution in [0, 0.1) is 11.7 Å². The van der Waals surface area contributed by atoms with Crippen molar-refractivity contribution in [2.24, 2.45) is 11.7 Å². The number of ether oxygens (including phenoxy) is 1. The first-order valence-electron chi connectivity index (χ1n) is 9.56. The lowest BCUT2D eigenvalue weighted by molar-refractivity contribution is -0.179. The van der Waals surface area contributed by atoms with Crippen molar-refractivity contribution in [2.45, 2.75) is 56.8 Å². The first-order valence-corrected chi connectivity index (χ1v) is 9.56. The smallest absolute Gasteiger partial charge is 0.404 e. The Morgan fingerprint density at radius 3 is 2.29 bits per heavy atom. The summed E-state index contributed by atoms with van der Waals surface area (Å²) in [7, 11) is 0. The van der Waals surface area contributed by atoms with Crippen LogP contribution in [0.5, 0.6) is 0 Å². The number of carbonyl (C=O) groups excluding carboxylic acids is 1. The van der Waals surface area contributed by atoms with Gasteiger partial charge in [-0.2, -0.15) is 13.2 Å². The summed E-state index contributed by atoms with van der Waals surface area (Å²) < 4.78 is 57.9. The van der Waals surface area contributed by atoms with Gasteiger partial charge in [0, 0.05) is 24.8 Å². The lowest BCUT2D eigenvalue weighted by Gasteiger charge is -2.34. The van der Waals surface area contributed by atoms with Crippen LogP contribution in [0.2, 0.25) is 0 Å². The normalized spacial score (nSPS) is 24.1. The Morgan fingerprint density at radius 1 is 1.11 bits per heavy atom. The van der Waals surface area contributed by atoms with E-state index in [0.717, 1.165) is 12.8 Å². The van der Waals surface area contributed by atoms with E-state index in [-0.39, 0.29) is 38.1 Å². The maximum atomic E-state index is 14.6. The van der Waals surface area contributed by atoms with E-state index in [4.69, 9.17) is 10.5 Å². The number of alkyl halides is 3. The van der Waals surface area contributed by atoms with E-state index in [2.05, 4.69) is 5.32 Å². The van der Waals surface area contributed by atoms with E-state index < -0.39 is 24.0 Å². The third kappa shape index (κ3) is 5.20. The van der Waals surface area contributed by atoms with Crippen molar-refractivity contribution in [1.29, 1.82) is 0 Å². The number of anilines is 2. The number of primary amides is 1. The van der Waals surface area contributed by atoms with Crippen LogP contribution in [0.1, 0.15) is 38.5 Å². The second-order valence-electron chi connectivity index (χ2n) is 7.52. The number of rotatable bonds is 4. The molecule has 1 aromatic rings. The molecule has 3 rings (SSSR count). The summed E-state index contributed by atoms with van der Waals surface area (Å²) in [4.78, 5) is 12.5. The van der Waals surface area contributed by atoms with Crippen LogP contribution < -0.4 is 16.0 Å². The minimum Gasteiger partial charge on any atom is -0.446 e. The molecule has 0 aromatic heterocycles. The third-order valence-electron chi connectivity index (χ3n) is 5.57. The van der Waals surface area contributed by atoms with E-state index in [1.165, 1.54) is 6.07 Å². The molecular weight excluding hydrogens is 378 g/mol. The molecule has 0 bridgehead atoms. The summed E-state index contributed by atoms with van der Waals surface area (Å²) >= 11 is 0. The zero-order chi connectivity index (χ0) is 20.3. The quantitative estimate of drug-likeness (QED) is 0.731. The van der Waals surface area contributed by atoms with Gasteiger partial charge in [0.05, 0.1) is 11.6 Å². The van der Waals surface area contributed by atoms with E-state index in [1.54, 1.807) is 17.0 Å². The van der Waals surface area contributed by atoms with Gasteiger partial charge in [-0.3, -0.25) is 0 Å². The number of hydrogen-bond acceptors (Lipinski definition) is 4. The number of amides is 1. The van der Waals surface area contributed by atoms with Crippen LogP contribution in [0.25, 0.3) is 0 Å². The van der Waals surface area contributed by atoms with Gasteiger partial charge in [0.25, 0.3) is 0 Å². The largest absolute Gasteiger partial charge is 0.446 e. The van der Waals surface area contributed by atoms with Crippen molar-refractivity contribution in [1.82, 2.24) is 0 Å². The van der Waals surface area contributed by atoms with Crippen molar-refractivity contribution in [3.8, 4) is 0 Å². The highest BCUT2D eigenvalue weighted by molar-refractivity contribution is 5.64. The van der Waals surface area contributed by atoms with Crippen molar-refractivity contribution in [3.05, 3.63) is 24.0 Å². The van der Waals surface area contributed by atoms with Crippen molar-refractivity contribution < 1.29 is 27.1 Å². The average molecular weight is 403 g/mol. The summed E-state index contributed by atoms with van der Waals surface area (Å²) in [5.74, 6) is -1.75. The molecule has 1 aliphatic heterocycles. The Kier molecular flexibility index (Phi) is 6.20. The Bertz CT molecular complexity index is 682. The maximum absolute atomic E-state index is 14.6. The zero-order valence-electron chi connectivity index (χ0n) is 15.5. The summed E-state index contributed by atoms with van der Waals surface area (Å²) in [5.41, 5.74) is 5.99. The van der Waals surface area contributed by atoms with E-state index in [9.17, 15) is 22.4 Å². The fraction of sp³-hybridized carbons (Fsp3) is 0.632. The first kappa shape index (κ1) is 20.5. The molecule has 2 aliphatic rings. The minimum absolute atomic E-state index is 0.0143. The van der Waals surface area contributed by atoms with E-state index >= 15 is 0 Å². The molecule has 2 fully saturated rings. The van der Waals surface area contributed by atoms with Gasteiger partial charge in [-0.25, -0.2) is 9.18 Å². The van der Waals surface area contributed by atoms with Gasteiger partial charge in [-0.1, -0.05) is 0 Å².